The highest BCUT2D eigenvalue weighted by Gasteiger charge is 2.01. The normalized spacial score (nSPS) is 9.57. The van der Waals surface area contributed by atoms with E-state index in [4.69, 9.17) is 12.2 Å². The molecule has 0 aromatic heterocycles. The molecule has 2 nitrogen and oxygen atoms in total. The minimum atomic E-state index is -0.515. The zero-order valence-electron chi connectivity index (χ0n) is 7.39. The molecule has 1 rings (SSSR count). The lowest BCUT2D eigenvalue weighted by molar-refractivity contribution is 0.492. The van der Waals surface area contributed by atoms with Gasteiger partial charge in [-0.15, -0.1) is 0 Å². The summed E-state index contributed by atoms with van der Waals surface area (Å²) in [5, 5.41) is 5.43. The minimum Gasteiger partial charge on any atom is -0.360 e. The van der Waals surface area contributed by atoms with Crippen molar-refractivity contribution in [2.24, 2.45) is 0 Å². The average Bonchev–Trinajstić information content (AvgIpc) is 2.18. The van der Waals surface area contributed by atoms with Crippen molar-refractivity contribution >= 4 is 23.0 Å². The summed E-state index contributed by atoms with van der Waals surface area (Å²) in [6, 6.07) is 6.14. The van der Waals surface area contributed by atoms with Crippen LogP contribution in [0.5, 0.6) is 0 Å². The first-order chi connectivity index (χ1) is 6.74. The predicted molar refractivity (Wildman–Crippen MR) is 56.6 cm³/mol. The second-order valence-electron chi connectivity index (χ2n) is 2.55. The SMILES string of the molecule is FCCNC(=S)Nc1ccccc1F. The van der Waals surface area contributed by atoms with Gasteiger partial charge in [0.15, 0.2) is 5.11 Å². The monoisotopic (exact) mass is 216 g/mol. The van der Waals surface area contributed by atoms with E-state index < -0.39 is 12.5 Å². The molecule has 0 atom stereocenters. The van der Waals surface area contributed by atoms with Gasteiger partial charge in [0.2, 0.25) is 0 Å². The van der Waals surface area contributed by atoms with E-state index in [9.17, 15) is 8.78 Å². The van der Waals surface area contributed by atoms with Crippen LogP contribution >= 0.6 is 12.2 Å². The number of halogens is 2. The van der Waals surface area contributed by atoms with Gasteiger partial charge in [0.25, 0.3) is 0 Å². The number of rotatable bonds is 3. The van der Waals surface area contributed by atoms with E-state index in [0.717, 1.165) is 0 Å². The Kier molecular flexibility index (Phi) is 4.25. The summed E-state index contributed by atoms with van der Waals surface area (Å²) in [6.45, 7) is -0.390. The first-order valence-corrected chi connectivity index (χ1v) is 4.50. The maximum absolute atomic E-state index is 13.0. The average molecular weight is 216 g/mol. The molecule has 0 spiro atoms. The highest BCUT2D eigenvalue weighted by molar-refractivity contribution is 7.80. The molecule has 0 aliphatic carbocycles. The van der Waals surface area contributed by atoms with Gasteiger partial charge >= 0.3 is 0 Å². The predicted octanol–water partition coefficient (Wildman–Crippen LogP) is 2.08. The summed E-state index contributed by atoms with van der Waals surface area (Å²) in [7, 11) is 0. The molecule has 0 saturated carbocycles. The van der Waals surface area contributed by atoms with Gasteiger partial charge in [0.1, 0.15) is 12.5 Å². The van der Waals surface area contributed by atoms with Crippen molar-refractivity contribution in [1.29, 1.82) is 0 Å². The molecule has 1 aromatic carbocycles. The molecule has 0 aliphatic heterocycles. The number of anilines is 1. The van der Waals surface area contributed by atoms with Crippen molar-refractivity contribution < 1.29 is 8.78 Å². The number of nitrogens with one attached hydrogen (secondary N) is 2. The Morgan fingerprint density at radius 3 is 2.71 bits per heavy atom. The van der Waals surface area contributed by atoms with E-state index in [1.807, 2.05) is 0 Å². The van der Waals surface area contributed by atoms with Crippen LogP contribution in [0.1, 0.15) is 0 Å². The number of hydrogen-bond acceptors (Lipinski definition) is 1. The van der Waals surface area contributed by atoms with Crippen LogP contribution in [-0.4, -0.2) is 18.3 Å². The van der Waals surface area contributed by atoms with Crippen LogP contribution in [0.4, 0.5) is 14.5 Å². The van der Waals surface area contributed by atoms with Crippen LogP contribution in [-0.2, 0) is 0 Å². The Bertz CT molecular complexity index is 317. The number of hydrogen-bond donors (Lipinski definition) is 2. The third-order valence-corrected chi connectivity index (χ3v) is 1.75. The fourth-order valence-corrected chi connectivity index (χ4v) is 1.10. The lowest BCUT2D eigenvalue weighted by Crippen LogP contribution is -2.30. The molecule has 14 heavy (non-hydrogen) atoms. The first kappa shape index (κ1) is 10.8. The smallest absolute Gasteiger partial charge is 0.170 e. The summed E-state index contributed by atoms with van der Waals surface area (Å²) < 4.78 is 24.8. The maximum Gasteiger partial charge on any atom is 0.170 e. The van der Waals surface area contributed by atoms with E-state index in [-0.39, 0.29) is 17.3 Å². The molecule has 0 radical (unpaired) electrons. The molecule has 0 unspecified atom stereocenters. The molecular formula is C9H10F2N2S. The Balaban J connectivity index is 2.52. The van der Waals surface area contributed by atoms with E-state index in [0.29, 0.717) is 0 Å². The van der Waals surface area contributed by atoms with Crippen LogP contribution in [0.15, 0.2) is 24.3 Å². The molecule has 0 bridgehead atoms. The van der Waals surface area contributed by atoms with Crippen LogP contribution in [0.25, 0.3) is 0 Å². The summed E-state index contributed by atoms with van der Waals surface area (Å²) >= 11 is 4.81. The molecule has 0 amide bonds. The van der Waals surface area contributed by atoms with E-state index in [2.05, 4.69) is 10.6 Å². The number of para-hydroxylation sites is 1. The summed E-state index contributed by atoms with van der Waals surface area (Å²) in [4.78, 5) is 0. The van der Waals surface area contributed by atoms with Crippen molar-refractivity contribution in [3.05, 3.63) is 30.1 Å². The summed E-state index contributed by atoms with van der Waals surface area (Å²) in [5.74, 6) is -0.392. The molecule has 76 valence electrons. The van der Waals surface area contributed by atoms with Gasteiger partial charge in [-0.05, 0) is 24.4 Å². The Morgan fingerprint density at radius 2 is 2.07 bits per heavy atom. The van der Waals surface area contributed by atoms with Gasteiger partial charge in [0.05, 0.1) is 5.69 Å². The Morgan fingerprint density at radius 1 is 1.36 bits per heavy atom. The van der Waals surface area contributed by atoms with Crippen molar-refractivity contribution in [3.63, 3.8) is 0 Å². The number of alkyl halides is 1. The molecule has 1 aromatic rings. The third kappa shape index (κ3) is 3.26. The largest absolute Gasteiger partial charge is 0.360 e. The zero-order valence-corrected chi connectivity index (χ0v) is 8.20. The number of benzene rings is 1. The summed E-state index contributed by atoms with van der Waals surface area (Å²) in [5.41, 5.74) is 0.281. The van der Waals surface area contributed by atoms with Gasteiger partial charge in [0, 0.05) is 6.54 Å². The van der Waals surface area contributed by atoms with Crippen LogP contribution < -0.4 is 10.6 Å². The van der Waals surface area contributed by atoms with Crippen LogP contribution in [0.3, 0.4) is 0 Å². The molecule has 0 heterocycles. The topological polar surface area (TPSA) is 24.1 Å². The van der Waals surface area contributed by atoms with E-state index >= 15 is 0 Å². The maximum atomic E-state index is 13.0. The van der Waals surface area contributed by atoms with E-state index in [1.165, 1.54) is 6.07 Å². The Hall–Kier alpha value is -1.23. The number of thiocarbonyl (C=S) groups is 1. The molecule has 0 fully saturated rings. The van der Waals surface area contributed by atoms with Gasteiger partial charge in [-0.1, -0.05) is 12.1 Å². The van der Waals surface area contributed by atoms with Crippen LogP contribution in [0.2, 0.25) is 0 Å². The van der Waals surface area contributed by atoms with Crippen molar-refractivity contribution in [1.82, 2.24) is 5.32 Å². The second-order valence-corrected chi connectivity index (χ2v) is 2.96. The van der Waals surface area contributed by atoms with Gasteiger partial charge < -0.3 is 10.6 Å². The minimum absolute atomic E-state index is 0.125. The van der Waals surface area contributed by atoms with Gasteiger partial charge in [-0.25, -0.2) is 8.78 Å². The second kappa shape index (κ2) is 5.49. The first-order valence-electron chi connectivity index (χ1n) is 4.09. The Labute approximate surface area is 86.3 Å². The van der Waals surface area contributed by atoms with E-state index in [1.54, 1.807) is 18.2 Å². The fraction of sp³-hybridized carbons (Fsp3) is 0.222. The van der Waals surface area contributed by atoms with Crippen molar-refractivity contribution in [2.45, 2.75) is 0 Å². The lowest BCUT2D eigenvalue weighted by Gasteiger charge is -2.09. The quantitative estimate of drug-likeness (QED) is 0.756. The molecule has 5 heteroatoms. The molecule has 0 saturated heterocycles. The van der Waals surface area contributed by atoms with Crippen LogP contribution in [0, 0.1) is 5.82 Å². The molecule has 0 aliphatic rings. The zero-order chi connectivity index (χ0) is 10.4. The molecular weight excluding hydrogens is 206 g/mol. The van der Waals surface area contributed by atoms with Crippen molar-refractivity contribution in [2.75, 3.05) is 18.5 Å². The third-order valence-electron chi connectivity index (χ3n) is 1.50. The highest BCUT2D eigenvalue weighted by Crippen LogP contribution is 2.11. The standard InChI is InChI=1S/C9H10F2N2S/c10-5-6-12-9(14)13-8-4-2-1-3-7(8)11/h1-4H,5-6H2,(H2,12,13,14). The fourth-order valence-electron chi connectivity index (χ4n) is 0.890. The lowest BCUT2D eigenvalue weighted by atomic mass is 10.3. The van der Waals surface area contributed by atoms with Crippen molar-refractivity contribution in [3.8, 4) is 0 Å². The van der Waals surface area contributed by atoms with Gasteiger partial charge in [-0.2, -0.15) is 0 Å². The molecule has 2 N–H and O–H groups in total. The summed E-state index contributed by atoms with van der Waals surface area (Å²) in [6.07, 6.45) is 0. The highest BCUT2D eigenvalue weighted by atomic mass is 32.1. The van der Waals surface area contributed by atoms with Gasteiger partial charge in [-0.3, -0.25) is 0 Å².